The van der Waals surface area contributed by atoms with Crippen LogP contribution in [0.25, 0.3) is 0 Å². The van der Waals surface area contributed by atoms with Gasteiger partial charge in [-0.05, 0) is 31.5 Å². The zero-order chi connectivity index (χ0) is 14.3. The number of carbonyl (C=O) groups excluding carboxylic acids is 1. The second kappa shape index (κ2) is 7.76. The summed E-state index contributed by atoms with van der Waals surface area (Å²) in [5.41, 5.74) is 6.80. The smallest absolute Gasteiger partial charge is 0.260 e. The molecule has 1 aromatic carbocycles. The molecule has 0 aliphatic carbocycles. The molecule has 0 heterocycles. The lowest BCUT2D eigenvalue weighted by atomic mass is 10.1. The Balaban J connectivity index is 2.47. The topological polar surface area (TPSA) is 73.6 Å². The minimum Gasteiger partial charge on any atom is -0.481 e. The average Bonchev–Trinajstić information content (AvgIpc) is 2.39. The summed E-state index contributed by atoms with van der Waals surface area (Å²) >= 11 is 0. The van der Waals surface area contributed by atoms with E-state index in [0.29, 0.717) is 18.9 Å². The van der Waals surface area contributed by atoms with Gasteiger partial charge in [0.15, 0.2) is 6.10 Å². The highest BCUT2D eigenvalue weighted by atomic mass is 16.5. The maximum atomic E-state index is 11.7. The first kappa shape index (κ1) is 15.5. The molecule has 0 saturated heterocycles. The van der Waals surface area contributed by atoms with Crippen LogP contribution in [0, 0.1) is 0 Å². The molecule has 1 unspecified atom stereocenters. The van der Waals surface area contributed by atoms with E-state index in [-0.39, 0.29) is 11.9 Å². The standard InChI is InChI=1S/C14H22N2O3/c1-10(15)12-4-6-13(7-5-12)19-11(2)14(17)16-8-9-18-3/h4-7,10-11H,8-9,15H2,1-3H3,(H,16,17)/t10-,11?/m1/s1. The van der Waals surface area contributed by atoms with Gasteiger partial charge in [-0.25, -0.2) is 0 Å². The predicted molar refractivity (Wildman–Crippen MR) is 74.0 cm³/mol. The molecule has 106 valence electrons. The van der Waals surface area contributed by atoms with E-state index in [9.17, 15) is 4.79 Å². The number of methoxy groups -OCH3 is 1. The first-order valence-corrected chi connectivity index (χ1v) is 6.33. The van der Waals surface area contributed by atoms with Crippen molar-refractivity contribution in [2.75, 3.05) is 20.3 Å². The maximum Gasteiger partial charge on any atom is 0.260 e. The lowest BCUT2D eigenvalue weighted by Crippen LogP contribution is -2.37. The Morgan fingerprint density at radius 3 is 2.47 bits per heavy atom. The largest absolute Gasteiger partial charge is 0.481 e. The molecule has 1 aromatic rings. The molecule has 0 saturated carbocycles. The fraction of sp³-hybridized carbons (Fsp3) is 0.500. The highest BCUT2D eigenvalue weighted by Crippen LogP contribution is 2.17. The van der Waals surface area contributed by atoms with Crippen LogP contribution >= 0.6 is 0 Å². The third-order valence-electron chi connectivity index (χ3n) is 2.69. The molecular formula is C14H22N2O3. The number of ether oxygens (including phenoxy) is 2. The van der Waals surface area contributed by atoms with Crippen molar-refractivity contribution in [2.24, 2.45) is 5.73 Å². The molecule has 5 nitrogen and oxygen atoms in total. The van der Waals surface area contributed by atoms with E-state index in [1.807, 2.05) is 31.2 Å². The Morgan fingerprint density at radius 1 is 1.32 bits per heavy atom. The van der Waals surface area contributed by atoms with Crippen LogP contribution in [0.5, 0.6) is 5.75 Å². The number of amides is 1. The Kier molecular flexibility index (Phi) is 6.32. The van der Waals surface area contributed by atoms with Crippen molar-refractivity contribution < 1.29 is 14.3 Å². The Bertz CT molecular complexity index is 390. The molecule has 0 fully saturated rings. The van der Waals surface area contributed by atoms with Crippen molar-refractivity contribution in [2.45, 2.75) is 26.0 Å². The highest BCUT2D eigenvalue weighted by molar-refractivity contribution is 5.80. The summed E-state index contributed by atoms with van der Waals surface area (Å²) < 4.78 is 10.4. The molecule has 1 rings (SSSR count). The third kappa shape index (κ3) is 5.28. The van der Waals surface area contributed by atoms with Crippen molar-refractivity contribution in [3.05, 3.63) is 29.8 Å². The molecule has 0 aliphatic rings. The first-order valence-electron chi connectivity index (χ1n) is 6.33. The van der Waals surface area contributed by atoms with E-state index in [2.05, 4.69) is 5.32 Å². The van der Waals surface area contributed by atoms with Crippen molar-refractivity contribution in [1.82, 2.24) is 5.32 Å². The third-order valence-corrected chi connectivity index (χ3v) is 2.69. The van der Waals surface area contributed by atoms with E-state index in [0.717, 1.165) is 5.56 Å². The Labute approximate surface area is 114 Å². The first-order chi connectivity index (χ1) is 9.04. The summed E-state index contributed by atoms with van der Waals surface area (Å²) in [5.74, 6) is 0.493. The Hall–Kier alpha value is -1.59. The van der Waals surface area contributed by atoms with Gasteiger partial charge in [0.05, 0.1) is 6.61 Å². The van der Waals surface area contributed by atoms with Crippen LogP contribution < -0.4 is 15.8 Å². The van der Waals surface area contributed by atoms with E-state index in [1.54, 1.807) is 14.0 Å². The zero-order valence-corrected chi connectivity index (χ0v) is 11.7. The molecule has 0 radical (unpaired) electrons. The van der Waals surface area contributed by atoms with Gasteiger partial charge < -0.3 is 20.5 Å². The summed E-state index contributed by atoms with van der Waals surface area (Å²) in [4.78, 5) is 11.7. The van der Waals surface area contributed by atoms with Crippen molar-refractivity contribution in [3.8, 4) is 5.75 Å². The van der Waals surface area contributed by atoms with Crippen LogP contribution in [0.4, 0.5) is 0 Å². The van der Waals surface area contributed by atoms with Crippen LogP contribution in [0.3, 0.4) is 0 Å². The van der Waals surface area contributed by atoms with Crippen molar-refractivity contribution >= 4 is 5.91 Å². The summed E-state index contributed by atoms with van der Waals surface area (Å²) in [5, 5.41) is 2.72. The molecule has 0 aliphatic heterocycles. The fourth-order valence-electron chi connectivity index (χ4n) is 1.53. The fourth-order valence-corrected chi connectivity index (χ4v) is 1.53. The number of benzene rings is 1. The molecule has 0 bridgehead atoms. The van der Waals surface area contributed by atoms with Crippen LogP contribution in [0.2, 0.25) is 0 Å². The van der Waals surface area contributed by atoms with Gasteiger partial charge in [-0.15, -0.1) is 0 Å². The number of nitrogens with one attached hydrogen (secondary N) is 1. The van der Waals surface area contributed by atoms with Gasteiger partial charge in [0, 0.05) is 19.7 Å². The van der Waals surface area contributed by atoms with E-state index in [4.69, 9.17) is 15.2 Å². The molecule has 3 N–H and O–H groups in total. The maximum absolute atomic E-state index is 11.7. The molecule has 0 aromatic heterocycles. The van der Waals surface area contributed by atoms with Gasteiger partial charge in [-0.1, -0.05) is 12.1 Å². The molecule has 0 spiro atoms. The molecule has 19 heavy (non-hydrogen) atoms. The number of rotatable bonds is 7. The van der Waals surface area contributed by atoms with Crippen LogP contribution in [0.1, 0.15) is 25.5 Å². The number of hydrogen-bond donors (Lipinski definition) is 2. The molecule has 1 amide bonds. The number of nitrogens with two attached hydrogens (primary N) is 1. The van der Waals surface area contributed by atoms with Gasteiger partial charge in [0.1, 0.15) is 5.75 Å². The molecule has 5 heteroatoms. The van der Waals surface area contributed by atoms with E-state index < -0.39 is 6.10 Å². The zero-order valence-electron chi connectivity index (χ0n) is 11.7. The second-order valence-electron chi connectivity index (χ2n) is 4.40. The number of hydrogen-bond acceptors (Lipinski definition) is 4. The Morgan fingerprint density at radius 2 is 1.95 bits per heavy atom. The predicted octanol–water partition coefficient (Wildman–Crippen LogP) is 1.24. The SMILES string of the molecule is COCCNC(=O)C(C)Oc1ccc([C@@H](C)N)cc1. The minimum absolute atomic E-state index is 0.0104. The van der Waals surface area contributed by atoms with E-state index in [1.165, 1.54) is 0 Å². The monoisotopic (exact) mass is 266 g/mol. The van der Waals surface area contributed by atoms with Crippen molar-refractivity contribution in [1.29, 1.82) is 0 Å². The summed E-state index contributed by atoms with van der Waals surface area (Å²) in [6.45, 7) is 4.59. The van der Waals surface area contributed by atoms with E-state index >= 15 is 0 Å². The van der Waals surface area contributed by atoms with Crippen LogP contribution in [-0.4, -0.2) is 32.3 Å². The summed E-state index contributed by atoms with van der Waals surface area (Å²) in [6, 6.07) is 7.42. The molecule has 2 atom stereocenters. The van der Waals surface area contributed by atoms with Crippen molar-refractivity contribution in [3.63, 3.8) is 0 Å². The van der Waals surface area contributed by atoms with Crippen LogP contribution in [-0.2, 0) is 9.53 Å². The van der Waals surface area contributed by atoms with Gasteiger partial charge >= 0.3 is 0 Å². The van der Waals surface area contributed by atoms with Gasteiger partial charge in [0.25, 0.3) is 5.91 Å². The number of carbonyl (C=O) groups is 1. The highest BCUT2D eigenvalue weighted by Gasteiger charge is 2.13. The lowest BCUT2D eigenvalue weighted by Gasteiger charge is -2.15. The van der Waals surface area contributed by atoms with Gasteiger partial charge in [-0.2, -0.15) is 0 Å². The lowest BCUT2D eigenvalue weighted by molar-refractivity contribution is -0.127. The normalized spacial score (nSPS) is 13.7. The van der Waals surface area contributed by atoms with Gasteiger partial charge in [-0.3, -0.25) is 4.79 Å². The average molecular weight is 266 g/mol. The summed E-state index contributed by atoms with van der Waals surface area (Å²) in [7, 11) is 1.59. The quantitative estimate of drug-likeness (QED) is 0.728. The van der Waals surface area contributed by atoms with Crippen LogP contribution in [0.15, 0.2) is 24.3 Å². The minimum atomic E-state index is -0.544. The molecular weight excluding hydrogens is 244 g/mol. The summed E-state index contributed by atoms with van der Waals surface area (Å²) in [6.07, 6.45) is -0.544. The second-order valence-corrected chi connectivity index (χ2v) is 4.40. The van der Waals surface area contributed by atoms with Gasteiger partial charge in [0.2, 0.25) is 0 Å².